The molecule has 3 rings (SSSR count). The Morgan fingerprint density at radius 2 is 1.65 bits per heavy atom. The number of likely N-dealkylation sites (tertiary alicyclic amines) is 1. The number of hydrogen-bond donors (Lipinski definition) is 1. The molecule has 0 amide bonds. The molecule has 0 bridgehead atoms. The van der Waals surface area contributed by atoms with Crippen LogP contribution in [0, 0.1) is 0 Å². The molecule has 2 N–H and O–H groups in total. The van der Waals surface area contributed by atoms with Gasteiger partial charge in [0.25, 0.3) is 0 Å². The maximum absolute atomic E-state index is 6.39. The number of hydrogen-bond acceptors (Lipinski definition) is 4. The minimum Gasteiger partial charge on any atom is -0.379 e. The lowest BCUT2D eigenvalue weighted by molar-refractivity contribution is -0.00316. The van der Waals surface area contributed by atoms with E-state index in [0.29, 0.717) is 0 Å². The lowest BCUT2D eigenvalue weighted by Gasteiger charge is -2.41. The highest BCUT2D eigenvalue weighted by molar-refractivity contribution is 5.18. The number of nitrogens with two attached hydrogens (primary N) is 1. The molecule has 1 atom stereocenters. The summed E-state index contributed by atoms with van der Waals surface area (Å²) in [6.07, 6.45) is 2.49. The molecule has 0 radical (unpaired) electrons. The van der Waals surface area contributed by atoms with Gasteiger partial charge in [0.05, 0.1) is 19.4 Å². The van der Waals surface area contributed by atoms with Crippen LogP contribution < -0.4 is 5.73 Å². The van der Waals surface area contributed by atoms with Gasteiger partial charge in [0.1, 0.15) is 0 Å². The smallest absolute Gasteiger partial charge is 0.0835 e. The molecule has 1 unspecified atom stereocenters. The zero-order chi connectivity index (χ0) is 13.8. The van der Waals surface area contributed by atoms with E-state index in [1.165, 1.54) is 18.4 Å². The van der Waals surface area contributed by atoms with Crippen molar-refractivity contribution in [3.63, 3.8) is 0 Å². The van der Waals surface area contributed by atoms with E-state index in [9.17, 15) is 0 Å². The topological polar surface area (TPSA) is 41.7 Å². The Hall–Kier alpha value is -0.940. The van der Waals surface area contributed by atoms with Crippen molar-refractivity contribution in [1.29, 1.82) is 0 Å². The van der Waals surface area contributed by atoms with Crippen molar-refractivity contribution in [1.82, 2.24) is 9.80 Å². The maximum atomic E-state index is 6.39. The fourth-order valence-corrected chi connectivity index (χ4v) is 3.33. The van der Waals surface area contributed by atoms with Crippen LogP contribution in [0.15, 0.2) is 30.3 Å². The van der Waals surface area contributed by atoms with Crippen molar-refractivity contribution >= 4 is 0 Å². The second-order valence-electron chi connectivity index (χ2n) is 5.77. The first-order valence-electron chi connectivity index (χ1n) is 7.71. The molecular formula is C16H25N3O. The predicted molar refractivity (Wildman–Crippen MR) is 80.4 cm³/mol. The van der Waals surface area contributed by atoms with Gasteiger partial charge in [0.15, 0.2) is 0 Å². The molecule has 2 saturated heterocycles. The van der Waals surface area contributed by atoms with Crippen molar-refractivity contribution in [3.8, 4) is 0 Å². The molecule has 2 fully saturated rings. The van der Waals surface area contributed by atoms with Gasteiger partial charge in [0.2, 0.25) is 0 Å². The number of ether oxygens (including phenoxy) is 1. The molecule has 0 aliphatic carbocycles. The first kappa shape index (κ1) is 14.0. The van der Waals surface area contributed by atoms with Crippen LogP contribution in [-0.2, 0) is 4.74 Å². The second-order valence-corrected chi connectivity index (χ2v) is 5.77. The Balaban J connectivity index is 1.53. The lowest BCUT2D eigenvalue weighted by Crippen LogP contribution is -2.50. The number of benzene rings is 1. The van der Waals surface area contributed by atoms with E-state index in [1.54, 1.807) is 0 Å². The monoisotopic (exact) mass is 275 g/mol. The third-order valence-corrected chi connectivity index (χ3v) is 4.60. The fourth-order valence-electron chi connectivity index (χ4n) is 3.33. The van der Waals surface area contributed by atoms with Crippen LogP contribution >= 0.6 is 0 Å². The minimum absolute atomic E-state index is 0.0434. The summed E-state index contributed by atoms with van der Waals surface area (Å²) >= 11 is 0. The molecule has 0 aromatic heterocycles. The summed E-state index contributed by atoms with van der Waals surface area (Å²) in [5.74, 6) is 0. The Kier molecular flexibility index (Phi) is 4.68. The first-order valence-corrected chi connectivity index (χ1v) is 7.71. The van der Waals surface area contributed by atoms with Gasteiger partial charge in [-0.3, -0.25) is 9.80 Å². The summed E-state index contributed by atoms with van der Waals surface area (Å²) in [6.45, 7) is 6.16. The zero-order valence-corrected chi connectivity index (χ0v) is 12.1. The van der Waals surface area contributed by atoms with Crippen molar-refractivity contribution in [2.75, 3.05) is 39.4 Å². The number of piperidine rings is 1. The Morgan fingerprint density at radius 3 is 2.30 bits per heavy atom. The Morgan fingerprint density at radius 1 is 1.00 bits per heavy atom. The molecular weight excluding hydrogens is 250 g/mol. The first-order chi connectivity index (χ1) is 9.84. The van der Waals surface area contributed by atoms with E-state index in [1.807, 2.05) is 6.07 Å². The Labute approximate surface area is 121 Å². The van der Waals surface area contributed by atoms with E-state index >= 15 is 0 Å². The molecule has 2 heterocycles. The molecule has 0 saturated carbocycles. The molecule has 20 heavy (non-hydrogen) atoms. The van der Waals surface area contributed by atoms with Gasteiger partial charge < -0.3 is 10.5 Å². The van der Waals surface area contributed by atoms with Crippen LogP contribution in [0.25, 0.3) is 0 Å². The van der Waals surface area contributed by atoms with Gasteiger partial charge in [-0.2, -0.15) is 0 Å². The zero-order valence-electron chi connectivity index (χ0n) is 12.1. The van der Waals surface area contributed by atoms with Crippen LogP contribution in [0.3, 0.4) is 0 Å². The Bertz CT molecular complexity index is 397. The predicted octanol–water partition coefficient (Wildman–Crippen LogP) is 1.44. The van der Waals surface area contributed by atoms with Gasteiger partial charge in [-0.25, -0.2) is 0 Å². The van der Waals surface area contributed by atoms with Crippen LogP contribution in [0.4, 0.5) is 0 Å². The van der Waals surface area contributed by atoms with Gasteiger partial charge >= 0.3 is 0 Å². The van der Waals surface area contributed by atoms with Gasteiger partial charge in [-0.1, -0.05) is 30.3 Å². The SMILES string of the molecule is NC(c1ccccc1)N1CCC(N2CCOCC2)CC1. The highest BCUT2D eigenvalue weighted by Crippen LogP contribution is 2.23. The highest BCUT2D eigenvalue weighted by atomic mass is 16.5. The summed E-state index contributed by atoms with van der Waals surface area (Å²) < 4.78 is 5.44. The van der Waals surface area contributed by atoms with Crippen LogP contribution in [-0.4, -0.2) is 55.2 Å². The third-order valence-electron chi connectivity index (χ3n) is 4.60. The quantitative estimate of drug-likeness (QED) is 0.906. The molecule has 110 valence electrons. The van der Waals surface area contributed by atoms with Crippen LogP contribution in [0.1, 0.15) is 24.6 Å². The van der Waals surface area contributed by atoms with E-state index in [-0.39, 0.29) is 6.17 Å². The number of nitrogens with zero attached hydrogens (tertiary/aromatic N) is 2. The van der Waals surface area contributed by atoms with E-state index in [0.717, 1.165) is 45.4 Å². The molecule has 4 nitrogen and oxygen atoms in total. The standard InChI is InChI=1S/C16H25N3O/c17-16(14-4-2-1-3-5-14)19-8-6-15(7-9-19)18-10-12-20-13-11-18/h1-5,15-16H,6-13,17H2. The third kappa shape index (κ3) is 3.20. The number of morpholine rings is 1. The molecule has 2 aliphatic heterocycles. The second kappa shape index (κ2) is 6.68. The van der Waals surface area contributed by atoms with Crippen molar-refractivity contribution in [2.45, 2.75) is 25.0 Å². The highest BCUT2D eigenvalue weighted by Gasteiger charge is 2.28. The summed E-state index contributed by atoms with van der Waals surface area (Å²) in [7, 11) is 0. The molecule has 0 spiro atoms. The molecule has 2 aliphatic rings. The van der Waals surface area contributed by atoms with Gasteiger partial charge in [-0.05, 0) is 18.4 Å². The van der Waals surface area contributed by atoms with Gasteiger partial charge in [0, 0.05) is 32.2 Å². The average Bonchev–Trinajstić information content (AvgIpc) is 2.56. The van der Waals surface area contributed by atoms with Crippen LogP contribution in [0.5, 0.6) is 0 Å². The summed E-state index contributed by atoms with van der Waals surface area (Å²) in [6, 6.07) is 11.1. The van der Waals surface area contributed by atoms with E-state index in [4.69, 9.17) is 10.5 Å². The van der Waals surface area contributed by atoms with E-state index in [2.05, 4.69) is 34.1 Å². The van der Waals surface area contributed by atoms with Crippen molar-refractivity contribution in [3.05, 3.63) is 35.9 Å². The molecule has 4 heteroatoms. The summed E-state index contributed by atoms with van der Waals surface area (Å²) in [5.41, 5.74) is 7.61. The van der Waals surface area contributed by atoms with E-state index < -0.39 is 0 Å². The normalized spacial score (nSPS) is 24.6. The lowest BCUT2D eigenvalue weighted by atomic mass is 10.0. The average molecular weight is 275 g/mol. The maximum Gasteiger partial charge on any atom is 0.0835 e. The summed E-state index contributed by atoms with van der Waals surface area (Å²) in [5, 5.41) is 0. The number of rotatable bonds is 3. The minimum atomic E-state index is 0.0434. The van der Waals surface area contributed by atoms with Crippen molar-refractivity contribution < 1.29 is 4.74 Å². The van der Waals surface area contributed by atoms with Gasteiger partial charge in [-0.15, -0.1) is 0 Å². The fraction of sp³-hybridized carbons (Fsp3) is 0.625. The summed E-state index contributed by atoms with van der Waals surface area (Å²) in [4.78, 5) is 5.00. The molecule has 1 aromatic carbocycles. The largest absolute Gasteiger partial charge is 0.379 e. The van der Waals surface area contributed by atoms with Crippen molar-refractivity contribution in [2.24, 2.45) is 5.73 Å². The molecule has 1 aromatic rings. The van der Waals surface area contributed by atoms with Crippen LogP contribution in [0.2, 0.25) is 0 Å².